The second-order valence-corrected chi connectivity index (χ2v) is 6.67. The van der Waals surface area contributed by atoms with Crippen LogP contribution in [0.5, 0.6) is 5.75 Å². The van der Waals surface area contributed by atoms with Gasteiger partial charge in [-0.05, 0) is 37.5 Å². The largest absolute Gasteiger partial charge is 0.497 e. The first kappa shape index (κ1) is 19.2. The summed E-state index contributed by atoms with van der Waals surface area (Å²) in [5, 5.41) is 12.3. The van der Waals surface area contributed by atoms with Crippen molar-refractivity contribution >= 4 is 11.9 Å². The highest BCUT2D eigenvalue weighted by Crippen LogP contribution is 2.36. The maximum absolute atomic E-state index is 12.2. The highest BCUT2D eigenvalue weighted by atomic mass is 16.5. The molecule has 138 valence electrons. The van der Waals surface area contributed by atoms with Gasteiger partial charge in [-0.2, -0.15) is 0 Å². The smallest absolute Gasteiger partial charge is 0.311 e. The summed E-state index contributed by atoms with van der Waals surface area (Å²) >= 11 is 0. The topological polar surface area (TPSA) is 84.9 Å². The molecule has 0 spiro atoms. The van der Waals surface area contributed by atoms with Gasteiger partial charge in [0.25, 0.3) is 0 Å². The third-order valence-electron chi connectivity index (χ3n) is 4.87. The van der Waals surface area contributed by atoms with Crippen molar-refractivity contribution in [3.05, 3.63) is 29.8 Å². The van der Waals surface area contributed by atoms with Crippen molar-refractivity contribution in [2.24, 2.45) is 5.41 Å². The van der Waals surface area contributed by atoms with Gasteiger partial charge in [-0.25, -0.2) is 0 Å². The van der Waals surface area contributed by atoms with Gasteiger partial charge in [0.1, 0.15) is 11.9 Å². The summed E-state index contributed by atoms with van der Waals surface area (Å²) in [7, 11) is 1.60. The van der Waals surface area contributed by atoms with Crippen molar-refractivity contribution in [2.45, 2.75) is 51.7 Å². The van der Waals surface area contributed by atoms with Crippen molar-refractivity contribution in [3.63, 3.8) is 0 Å². The number of ether oxygens (including phenoxy) is 2. The Balaban J connectivity index is 1.84. The van der Waals surface area contributed by atoms with E-state index in [1.54, 1.807) is 14.0 Å². The van der Waals surface area contributed by atoms with Crippen molar-refractivity contribution in [1.82, 2.24) is 5.32 Å². The Labute approximate surface area is 148 Å². The number of carbonyl (C=O) groups is 2. The molecule has 6 heteroatoms. The van der Waals surface area contributed by atoms with Crippen LogP contribution in [0.25, 0.3) is 0 Å². The van der Waals surface area contributed by atoms with E-state index in [1.807, 2.05) is 24.3 Å². The first-order valence-electron chi connectivity index (χ1n) is 8.72. The molecule has 2 N–H and O–H groups in total. The first-order valence-corrected chi connectivity index (χ1v) is 8.72. The summed E-state index contributed by atoms with van der Waals surface area (Å²) in [6, 6.07) is 7.46. The van der Waals surface area contributed by atoms with E-state index in [9.17, 15) is 14.7 Å². The molecule has 1 amide bonds. The minimum absolute atomic E-state index is 0.161. The normalized spacial score (nSPS) is 17.5. The predicted octanol–water partition coefficient (Wildman–Crippen LogP) is 2.75. The molecule has 0 heterocycles. The van der Waals surface area contributed by atoms with Crippen LogP contribution in [0.1, 0.15) is 44.6 Å². The number of rotatable bonds is 8. The summed E-state index contributed by atoms with van der Waals surface area (Å²) in [5.41, 5.74) is 0.0775. The lowest BCUT2D eigenvalue weighted by Gasteiger charge is -2.33. The van der Waals surface area contributed by atoms with E-state index in [0.29, 0.717) is 12.8 Å². The molecular weight excluding hydrogens is 322 g/mol. The molecule has 1 fully saturated rings. The van der Waals surface area contributed by atoms with Crippen LogP contribution in [0.2, 0.25) is 0 Å². The van der Waals surface area contributed by atoms with Gasteiger partial charge in [0.15, 0.2) is 0 Å². The molecule has 0 aromatic heterocycles. The minimum Gasteiger partial charge on any atom is -0.497 e. The van der Waals surface area contributed by atoms with Crippen molar-refractivity contribution in [2.75, 3.05) is 13.7 Å². The minimum atomic E-state index is -0.833. The van der Waals surface area contributed by atoms with Crippen LogP contribution in [0.15, 0.2) is 24.3 Å². The molecule has 0 radical (unpaired) electrons. The Hall–Kier alpha value is -2.08. The number of nitrogens with one attached hydrogen (secondary N) is 1. The molecule has 1 atom stereocenters. The molecular formula is C19H27NO5. The molecule has 0 bridgehead atoms. The third kappa shape index (κ3) is 5.19. The average molecular weight is 349 g/mol. The Morgan fingerprint density at radius 1 is 1.28 bits per heavy atom. The van der Waals surface area contributed by atoms with Crippen molar-refractivity contribution in [1.29, 1.82) is 0 Å². The number of methoxy groups -OCH3 is 1. The molecule has 0 aliphatic heterocycles. The van der Waals surface area contributed by atoms with Gasteiger partial charge in [0, 0.05) is 6.54 Å². The lowest BCUT2D eigenvalue weighted by Crippen LogP contribution is -2.46. The van der Waals surface area contributed by atoms with E-state index in [0.717, 1.165) is 30.6 Å². The Morgan fingerprint density at radius 3 is 2.64 bits per heavy atom. The first-order chi connectivity index (χ1) is 12.0. The fourth-order valence-corrected chi connectivity index (χ4v) is 3.15. The van der Waals surface area contributed by atoms with Crippen LogP contribution in [-0.4, -0.2) is 36.7 Å². The van der Waals surface area contributed by atoms with Crippen LogP contribution in [0.3, 0.4) is 0 Å². The zero-order chi connectivity index (χ0) is 18.3. The van der Waals surface area contributed by atoms with E-state index in [-0.39, 0.29) is 19.1 Å². The predicted molar refractivity (Wildman–Crippen MR) is 93.4 cm³/mol. The lowest BCUT2D eigenvalue weighted by molar-refractivity contribution is -0.151. The molecule has 1 saturated carbocycles. The molecule has 1 aliphatic rings. The fraction of sp³-hybridized carbons (Fsp3) is 0.579. The fourth-order valence-electron chi connectivity index (χ4n) is 3.15. The van der Waals surface area contributed by atoms with E-state index < -0.39 is 17.5 Å². The molecule has 1 unspecified atom stereocenters. The molecule has 1 aromatic rings. The molecule has 0 saturated heterocycles. The Bertz CT molecular complexity index is 595. The van der Waals surface area contributed by atoms with Gasteiger partial charge in [0.2, 0.25) is 5.91 Å². The van der Waals surface area contributed by atoms with Gasteiger partial charge in [-0.1, -0.05) is 31.4 Å². The quantitative estimate of drug-likeness (QED) is 0.754. The zero-order valence-corrected chi connectivity index (χ0v) is 14.9. The summed E-state index contributed by atoms with van der Waals surface area (Å²) in [6.45, 7) is 2.12. The summed E-state index contributed by atoms with van der Waals surface area (Å²) in [6.07, 6.45) is 3.42. The van der Waals surface area contributed by atoms with Crippen molar-refractivity contribution < 1.29 is 24.2 Å². The molecule has 25 heavy (non-hydrogen) atoms. The van der Waals surface area contributed by atoms with Gasteiger partial charge in [-0.3, -0.25) is 9.59 Å². The van der Waals surface area contributed by atoms with Gasteiger partial charge in [0.05, 0.1) is 19.1 Å². The number of amides is 1. The number of carboxylic acid groups (broad SMARTS) is 1. The number of carbonyl (C=O) groups excluding carboxylic acids is 1. The van der Waals surface area contributed by atoms with E-state index in [1.165, 1.54) is 0 Å². The Morgan fingerprint density at radius 2 is 2.00 bits per heavy atom. The monoisotopic (exact) mass is 349 g/mol. The number of aliphatic carboxylic acids is 1. The highest BCUT2D eigenvalue weighted by Gasteiger charge is 2.40. The number of benzene rings is 1. The van der Waals surface area contributed by atoms with Crippen LogP contribution >= 0.6 is 0 Å². The number of carboxylic acids is 1. The van der Waals surface area contributed by atoms with Crippen LogP contribution in [0.4, 0.5) is 0 Å². The van der Waals surface area contributed by atoms with Crippen LogP contribution in [0, 0.1) is 5.41 Å². The van der Waals surface area contributed by atoms with E-state index >= 15 is 0 Å². The molecule has 6 nitrogen and oxygen atoms in total. The van der Waals surface area contributed by atoms with Crippen molar-refractivity contribution in [3.8, 4) is 5.75 Å². The van der Waals surface area contributed by atoms with E-state index in [4.69, 9.17) is 9.47 Å². The second kappa shape index (κ2) is 8.85. The second-order valence-electron chi connectivity index (χ2n) is 6.67. The van der Waals surface area contributed by atoms with Gasteiger partial charge in [-0.15, -0.1) is 0 Å². The SMILES string of the molecule is COc1cccc(COC(C)C(=O)NCC2(C(=O)O)CCCCC2)c1. The zero-order valence-electron chi connectivity index (χ0n) is 14.9. The molecule has 1 aromatic carbocycles. The number of hydrogen-bond acceptors (Lipinski definition) is 4. The maximum atomic E-state index is 12.2. The average Bonchev–Trinajstić information content (AvgIpc) is 2.64. The molecule has 1 aliphatic carbocycles. The Kier molecular flexibility index (Phi) is 6.82. The third-order valence-corrected chi connectivity index (χ3v) is 4.87. The molecule has 2 rings (SSSR count). The van der Waals surface area contributed by atoms with Crippen LogP contribution < -0.4 is 10.1 Å². The lowest BCUT2D eigenvalue weighted by atomic mass is 9.74. The number of hydrogen-bond donors (Lipinski definition) is 2. The highest BCUT2D eigenvalue weighted by molar-refractivity contribution is 5.82. The maximum Gasteiger partial charge on any atom is 0.311 e. The standard InChI is InChI=1S/C19H27NO5/c1-14(25-12-15-7-6-8-16(11-15)24-2)17(21)20-13-19(18(22)23)9-4-3-5-10-19/h6-8,11,14H,3-5,9-10,12-13H2,1-2H3,(H,20,21)(H,22,23). The van der Waals surface area contributed by atoms with Gasteiger partial charge >= 0.3 is 5.97 Å². The summed E-state index contributed by atoms with van der Waals surface area (Å²) < 4.78 is 10.8. The van der Waals surface area contributed by atoms with Gasteiger partial charge < -0.3 is 19.9 Å². The van der Waals surface area contributed by atoms with E-state index in [2.05, 4.69) is 5.32 Å². The van der Waals surface area contributed by atoms with Crippen LogP contribution in [-0.2, 0) is 20.9 Å². The summed E-state index contributed by atoms with van der Waals surface area (Å²) in [5.74, 6) is -0.370. The summed E-state index contributed by atoms with van der Waals surface area (Å²) in [4.78, 5) is 23.9.